The highest BCUT2D eigenvalue weighted by Gasteiger charge is 2.27. The van der Waals surface area contributed by atoms with Crippen molar-refractivity contribution in [2.75, 3.05) is 6.61 Å². The van der Waals surface area contributed by atoms with E-state index in [9.17, 15) is 26.7 Å². The van der Waals surface area contributed by atoms with Crippen LogP contribution in [0.2, 0.25) is 0 Å². The fraction of sp³-hybridized carbons (Fsp3) is 0.154. The maximum absolute atomic E-state index is 13.3. The molecule has 0 saturated heterocycles. The first-order valence-corrected chi connectivity index (χ1v) is 5.62. The van der Waals surface area contributed by atoms with Crippen LogP contribution in [0.1, 0.15) is 10.4 Å². The van der Waals surface area contributed by atoms with Crippen LogP contribution < -0.4 is 4.74 Å². The molecule has 0 unspecified atom stereocenters. The summed E-state index contributed by atoms with van der Waals surface area (Å²) in [6, 6.07) is 1.42. The number of carbonyl (C=O) groups excluding carboxylic acids is 1. The van der Waals surface area contributed by atoms with E-state index in [4.69, 9.17) is 0 Å². The average Bonchev–Trinajstić information content (AvgIpc) is 2.89. The van der Waals surface area contributed by atoms with Gasteiger partial charge in [0.2, 0.25) is 34.9 Å². The largest absolute Gasteiger partial charge is 0.479 e. The van der Waals surface area contributed by atoms with Crippen molar-refractivity contribution in [1.29, 1.82) is 0 Å². The standard InChI is InChI=1S/C13H8F5NO2/c1-19-3-2-6(4-19)7(20)5-21-13-11(17)9(15)8(14)10(16)12(13)18/h2-4H,5H2,1H3. The summed E-state index contributed by atoms with van der Waals surface area (Å²) in [5.41, 5.74) is 0.182. The lowest BCUT2D eigenvalue weighted by Crippen LogP contribution is -2.14. The van der Waals surface area contributed by atoms with Crippen molar-refractivity contribution in [1.82, 2.24) is 4.57 Å². The number of aryl methyl sites for hydroxylation is 1. The molecular formula is C13H8F5NO2. The summed E-state index contributed by atoms with van der Waals surface area (Å²) in [6.07, 6.45) is 2.97. The molecule has 2 aromatic rings. The van der Waals surface area contributed by atoms with E-state index >= 15 is 0 Å². The maximum atomic E-state index is 13.3. The van der Waals surface area contributed by atoms with Gasteiger partial charge in [-0.05, 0) is 6.07 Å². The van der Waals surface area contributed by atoms with Gasteiger partial charge in [0.1, 0.15) is 0 Å². The minimum absolute atomic E-state index is 0.182. The Kier molecular flexibility index (Phi) is 3.97. The number of benzene rings is 1. The Balaban J connectivity index is 2.23. The SMILES string of the molecule is Cn1ccc(C(=O)COc2c(F)c(F)c(F)c(F)c2F)c1. The Morgan fingerprint density at radius 1 is 1.05 bits per heavy atom. The zero-order valence-electron chi connectivity index (χ0n) is 10.6. The fourth-order valence-electron chi connectivity index (χ4n) is 1.60. The number of ether oxygens (including phenoxy) is 1. The molecule has 8 heteroatoms. The maximum Gasteiger partial charge on any atom is 0.207 e. The Morgan fingerprint density at radius 3 is 2.05 bits per heavy atom. The minimum atomic E-state index is -2.29. The number of aromatic nitrogens is 1. The average molecular weight is 305 g/mol. The van der Waals surface area contributed by atoms with Crippen LogP contribution in [0.3, 0.4) is 0 Å². The predicted molar refractivity (Wildman–Crippen MR) is 61.5 cm³/mol. The molecule has 1 aromatic carbocycles. The van der Waals surface area contributed by atoms with E-state index in [2.05, 4.69) is 4.74 Å². The molecule has 0 amide bonds. The van der Waals surface area contributed by atoms with Crippen molar-refractivity contribution in [3.05, 3.63) is 53.1 Å². The predicted octanol–water partition coefficient (Wildman–Crippen LogP) is 2.98. The summed E-state index contributed by atoms with van der Waals surface area (Å²) in [6.45, 7) is -0.859. The van der Waals surface area contributed by atoms with Gasteiger partial charge in [0.05, 0.1) is 0 Å². The van der Waals surface area contributed by atoms with Crippen LogP contribution in [-0.4, -0.2) is 17.0 Å². The van der Waals surface area contributed by atoms with Crippen molar-refractivity contribution >= 4 is 5.78 Å². The lowest BCUT2D eigenvalue weighted by molar-refractivity contribution is 0.0913. The monoisotopic (exact) mass is 305 g/mol. The molecule has 0 bridgehead atoms. The third-order valence-corrected chi connectivity index (χ3v) is 2.67. The molecular weight excluding hydrogens is 297 g/mol. The number of ketones is 1. The Hall–Kier alpha value is -2.38. The summed E-state index contributed by atoms with van der Waals surface area (Å²) in [5.74, 6) is -12.9. The molecule has 3 nitrogen and oxygen atoms in total. The Labute approximate surface area is 115 Å². The molecule has 0 aliphatic rings. The highest BCUT2D eigenvalue weighted by atomic mass is 19.2. The second kappa shape index (κ2) is 5.55. The zero-order chi connectivity index (χ0) is 15.7. The van der Waals surface area contributed by atoms with E-state index in [0.29, 0.717) is 0 Å². The molecule has 0 aliphatic heterocycles. The van der Waals surface area contributed by atoms with Crippen LogP contribution in [0.15, 0.2) is 18.5 Å². The Morgan fingerprint density at radius 2 is 1.57 bits per heavy atom. The highest BCUT2D eigenvalue weighted by Crippen LogP contribution is 2.29. The van der Waals surface area contributed by atoms with Crippen molar-refractivity contribution < 1.29 is 31.5 Å². The van der Waals surface area contributed by atoms with Crippen molar-refractivity contribution in [3.8, 4) is 5.75 Å². The summed E-state index contributed by atoms with van der Waals surface area (Å²) < 4.78 is 71.3. The normalized spacial score (nSPS) is 10.8. The zero-order valence-corrected chi connectivity index (χ0v) is 10.6. The molecule has 21 heavy (non-hydrogen) atoms. The summed E-state index contributed by atoms with van der Waals surface area (Å²) in [7, 11) is 1.64. The lowest BCUT2D eigenvalue weighted by Gasteiger charge is -2.09. The molecule has 1 heterocycles. The van der Waals surface area contributed by atoms with Gasteiger partial charge in [0, 0.05) is 25.0 Å². The van der Waals surface area contributed by atoms with Crippen LogP contribution in [0.5, 0.6) is 5.75 Å². The second-order valence-electron chi connectivity index (χ2n) is 4.18. The first kappa shape index (κ1) is 15.0. The van der Waals surface area contributed by atoms with Gasteiger partial charge >= 0.3 is 0 Å². The molecule has 0 fully saturated rings. The van der Waals surface area contributed by atoms with Gasteiger partial charge in [-0.15, -0.1) is 0 Å². The molecule has 0 aliphatic carbocycles. The van der Waals surface area contributed by atoms with E-state index < -0.39 is 47.2 Å². The van der Waals surface area contributed by atoms with Gasteiger partial charge in [0.25, 0.3) is 0 Å². The van der Waals surface area contributed by atoms with Crippen LogP contribution in [0, 0.1) is 29.1 Å². The van der Waals surface area contributed by atoms with Gasteiger partial charge in [-0.25, -0.2) is 13.2 Å². The molecule has 112 valence electrons. The molecule has 0 N–H and O–H groups in total. The molecule has 0 saturated carbocycles. The van der Waals surface area contributed by atoms with Gasteiger partial charge in [-0.2, -0.15) is 8.78 Å². The van der Waals surface area contributed by atoms with E-state index in [-0.39, 0.29) is 5.56 Å². The number of hydrogen-bond acceptors (Lipinski definition) is 2. The summed E-state index contributed by atoms with van der Waals surface area (Å²) in [5, 5.41) is 0. The fourth-order valence-corrected chi connectivity index (χ4v) is 1.60. The van der Waals surface area contributed by atoms with Crippen molar-refractivity contribution in [3.63, 3.8) is 0 Å². The quantitative estimate of drug-likeness (QED) is 0.376. The number of rotatable bonds is 4. The van der Waals surface area contributed by atoms with Gasteiger partial charge in [-0.3, -0.25) is 4.79 Å². The minimum Gasteiger partial charge on any atom is -0.479 e. The van der Waals surface area contributed by atoms with E-state index in [0.717, 1.165) is 0 Å². The van der Waals surface area contributed by atoms with Crippen LogP contribution in [0.25, 0.3) is 0 Å². The number of Topliss-reactive ketones (excluding diaryl/α,β-unsaturated/α-hetero) is 1. The summed E-state index contributed by atoms with van der Waals surface area (Å²) in [4.78, 5) is 11.6. The third-order valence-electron chi connectivity index (χ3n) is 2.67. The molecule has 0 atom stereocenters. The topological polar surface area (TPSA) is 31.2 Å². The number of nitrogens with zero attached hydrogens (tertiary/aromatic N) is 1. The number of carbonyl (C=O) groups is 1. The molecule has 0 radical (unpaired) electrons. The van der Waals surface area contributed by atoms with Crippen LogP contribution >= 0.6 is 0 Å². The van der Waals surface area contributed by atoms with E-state index in [1.807, 2.05) is 0 Å². The highest BCUT2D eigenvalue weighted by molar-refractivity contribution is 5.97. The first-order chi connectivity index (χ1) is 9.82. The second-order valence-corrected chi connectivity index (χ2v) is 4.18. The van der Waals surface area contributed by atoms with E-state index in [1.165, 1.54) is 12.3 Å². The molecule has 2 rings (SSSR count). The van der Waals surface area contributed by atoms with E-state index in [1.54, 1.807) is 17.8 Å². The lowest BCUT2D eigenvalue weighted by atomic mass is 10.2. The Bertz CT molecular complexity index is 682. The number of hydrogen-bond donors (Lipinski definition) is 0. The molecule has 1 aromatic heterocycles. The summed E-state index contributed by atoms with van der Waals surface area (Å²) >= 11 is 0. The third kappa shape index (κ3) is 2.74. The first-order valence-electron chi connectivity index (χ1n) is 5.62. The van der Waals surface area contributed by atoms with Gasteiger partial charge in [-0.1, -0.05) is 0 Å². The molecule has 0 spiro atoms. The van der Waals surface area contributed by atoms with Gasteiger partial charge < -0.3 is 9.30 Å². The van der Waals surface area contributed by atoms with Crippen LogP contribution in [0.4, 0.5) is 22.0 Å². The van der Waals surface area contributed by atoms with Crippen molar-refractivity contribution in [2.24, 2.45) is 7.05 Å². The van der Waals surface area contributed by atoms with Crippen LogP contribution in [-0.2, 0) is 7.05 Å². The smallest absolute Gasteiger partial charge is 0.207 e. The van der Waals surface area contributed by atoms with Crippen molar-refractivity contribution in [2.45, 2.75) is 0 Å². The van der Waals surface area contributed by atoms with Gasteiger partial charge in [0.15, 0.2) is 12.4 Å². The number of halogens is 5.